The zero-order chi connectivity index (χ0) is 12.9. The summed E-state index contributed by atoms with van der Waals surface area (Å²) in [6.45, 7) is 6.39. The van der Waals surface area contributed by atoms with Crippen LogP contribution in [-0.2, 0) is 13.3 Å². The van der Waals surface area contributed by atoms with Crippen molar-refractivity contribution in [2.45, 2.75) is 70.4 Å². The molecule has 1 fully saturated rings. The molecule has 0 unspecified atom stereocenters. The van der Waals surface area contributed by atoms with Gasteiger partial charge in [-0.1, -0.05) is 26.2 Å². The van der Waals surface area contributed by atoms with Crippen LogP contribution in [0.4, 0.5) is 0 Å². The van der Waals surface area contributed by atoms with Crippen LogP contribution in [0.1, 0.15) is 59.3 Å². The minimum Gasteiger partial charge on any atom is -0.377 e. The van der Waals surface area contributed by atoms with Gasteiger partial charge in [-0.3, -0.25) is 0 Å². The summed E-state index contributed by atoms with van der Waals surface area (Å²) in [6.07, 6.45) is 7.25. The van der Waals surface area contributed by atoms with Gasteiger partial charge < -0.3 is 13.3 Å². The third-order valence-corrected chi connectivity index (χ3v) is 7.50. The second-order valence-electron chi connectivity index (χ2n) is 5.56. The topological polar surface area (TPSA) is 27.7 Å². The molecule has 0 spiro atoms. The van der Waals surface area contributed by atoms with Crippen molar-refractivity contribution in [1.29, 1.82) is 0 Å². The monoisotopic (exact) mass is 260 g/mol. The van der Waals surface area contributed by atoms with Gasteiger partial charge in [-0.15, -0.1) is 0 Å². The van der Waals surface area contributed by atoms with E-state index in [0.717, 1.165) is 6.42 Å². The van der Waals surface area contributed by atoms with Crippen molar-refractivity contribution in [1.82, 2.24) is 0 Å². The molecular formula is C13H28O3Si. The lowest BCUT2D eigenvalue weighted by atomic mass is 10.0. The first kappa shape index (κ1) is 15.2. The van der Waals surface area contributed by atoms with E-state index in [1.54, 1.807) is 14.2 Å². The SMILES string of the molecule is CCC(C)(C)O[Si](OC)(OC)C1CCCCC1. The molecule has 0 aliphatic heterocycles. The molecule has 1 aliphatic carbocycles. The first-order chi connectivity index (χ1) is 7.99. The van der Waals surface area contributed by atoms with Crippen molar-refractivity contribution in [3.8, 4) is 0 Å². The van der Waals surface area contributed by atoms with E-state index in [-0.39, 0.29) is 5.60 Å². The van der Waals surface area contributed by atoms with E-state index in [4.69, 9.17) is 13.3 Å². The van der Waals surface area contributed by atoms with Crippen molar-refractivity contribution in [3.05, 3.63) is 0 Å². The fraction of sp³-hybridized carbons (Fsp3) is 1.00. The van der Waals surface area contributed by atoms with Gasteiger partial charge in [-0.05, 0) is 33.1 Å². The van der Waals surface area contributed by atoms with Gasteiger partial charge in [0.05, 0.1) is 5.60 Å². The van der Waals surface area contributed by atoms with Crippen molar-refractivity contribution in [3.63, 3.8) is 0 Å². The minimum absolute atomic E-state index is 0.157. The van der Waals surface area contributed by atoms with Crippen LogP contribution in [-0.4, -0.2) is 28.6 Å². The Morgan fingerprint density at radius 1 is 1.06 bits per heavy atom. The molecule has 0 bridgehead atoms. The Morgan fingerprint density at radius 2 is 1.59 bits per heavy atom. The molecule has 1 saturated carbocycles. The lowest BCUT2D eigenvalue weighted by Gasteiger charge is -2.41. The molecule has 0 aromatic heterocycles. The van der Waals surface area contributed by atoms with E-state index in [2.05, 4.69) is 20.8 Å². The van der Waals surface area contributed by atoms with Gasteiger partial charge in [0, 0.05) is 19.8 Å². The zero-order valence-corrected chi connectivity index (χ0v) is 13.0. The Balaban J connectivity index is 2.79. The lowest BCUT2D eigenvalue weighted by Crippen LogP contribution is -2.53. The second-order valence-corrected chi connectivity index (χ2v) is 8.61. The van der Waals surface area contributed by atoms with E-state index in [1.165, 1.54) is 32.1 Å². The molecule has 102 valence electrons. The number of rotatable bonds is 6. The third-order valence-electron chi connectivity index (χ3n) is 3.94. The highest BCUT2D eigenvalue weighted by atomic mass is 28.4. The lowest BCUT2D eigenvalue weighted by molar-refractivity contribution is -0.00638. The molecular weight excluding hydrogens is 232 g/mol. The van der Waals surface area contributed by atoms with Crippen LogP contribution < -0.4 is 0 Å². The smallest absolute Gasteiger partial charge is 0.377 e. The van der Waals surface area contributed by atoms with Crippen LogP contribution >= 0.6 is 0 Å². The molecule has 0 aromatic carbocycles. The van der Waals surface area contributed by atoms with Gasteiger partial charge >= 0.3 is 8.80 Å². The Kier molecular flexibility index (Phi) is 5.63. The highest BCUT2D eigenvalue weighted by Crippen LogP contribution is 2.40. The minimum atomic E-state index is -2.50. The fourth-order valence-corrected chi connectivity index (χ4v) is 5.69. The second kappa shape index (κ2) is 6.32. The molecule has 17 heavy (non-hydrogen) atoms. The molecule has 0 radical (unpaired) electrons. The summed E-state index contributed by atoms with van der Waals surface area (Å²) in [5, 5.41) is 0. The van der Waals surface area contributed by atoms with Crippen LogP contribution in [0.3, 0.4) is 0 Å². The van der Waals surface area contributed by atoms with Gasteiger partial charge in [-0.2, -0.15) is 0 Å². The van der Waals surface area contributed by atoms with Gasteiger partial charge in [0.25, 0.3) is 0 Å². The molecule has 0 amide bonds. The van der Waals surface area contributed by atoms with E-state index in [0.29, 0.717) is 5.54 Å². The molecule has 0 atom stereocenters. The molecule has 1 rings (SSSR count). The fourth-order valence-electron chi connectivity index (χ4n) is 2.50. The maximum atomic E-state index is 6.31. The molecule has 0 heterocycles. The molecule has 0 N–H and O–H groups in total. The summed E-state index contributed by atoms with van der Waals surface area (Å²) < 4.78 is 17.8. The Hall–Kier alpha value is 0.0969. The summed E-state index contributed by atoms with van der Waals surface area (Å²) in [5.41, 5.74) is 0.326. The van der Waals surface area contributed by atoms with E-state index >= 15 is 0 Å². The van der Waals surface area contributed by atoms with E-state index < -0.39 is 8.80 Å². The molecule has 0 saturated heterocycles. The number of hydrogen-bond acceptors (Lipinski definition) is 3. The van der Waals surface area contributed by atoms with Gasteiger partial charge in [0.2, 0.25) is 0 Å². The quantitative estimate of drug-likeness (QED) is 0.681. The maximum Gasteiger partial charge on any atom is 0.504 e. The zero-order valence-electron chi connectivity index (χ0n) is 12.0. The average Bonchev–Trinajstić information content (AvgIpc) is 2.37. The predicted molar refractivity (Wildman–Crippen MR) is 72.1 cm³/mol. The van der Waals surface area contributed by atoms with Crippen molar-refractivity contribution >= 4 is 8.80 Å². The largest absolute Gasteiger partial charge is 0.504 e. The van der Waals surface area contributed by atoms with Crippen LogP contribution in [0, 0.1) is 0 Å². The summed E-state index contributed by atoms with van der Waals surface area (Å²) in [5.74, 6) is 0. The van der Waals surface area contributed by atoms with Crippen molar-refractivity contribution < 1.29 is 13.3 Å². The Bertz CT molecular complexity index is 221. The number of hydrogen-bond donors (Lipinski definition) is 0. The summed E-state index contributed by atoms with van der Waals surface area (Å²) in [7, 11) is 0.993. The van der Waals surface area contributed by atoms with Gasteiger partial charge in [0.1, 0.15) is 0 Å². The van der Waals surface area contributed by atoms with Gasteiger partial charge in [-0.25, -0.2) is 0 Å². The normalized spacial score (nSPS) is 19.6. The van der Waals surface area contributed by atoms with Gasteiger partial charge in [0.15, 0.2) is 0 Å². The molecule has 4 heteroatoms. The molecule has 3 nitrogen and oxygen atoms in total. The summed E-state index contributed by atoms with van der Waals surface area (Å²) in [6, 6.07) is 0. The van der Waals surface area contributed by atoms with Crippen LogP contribution in [0.15, 0.2) is 0 Å². The summed E-state index contributed by atoms with van der Waals surface area (Å²) in [4.78, 5) is 0. The molecule has 0 aromatic rings. The van der Waals surface area contributed by atoms with Crippen molar-refractivity contribution in [2.24, 2.45) is 0 Å². The van der Waals surface area contributed by atoms with Crippen molar-refractivity contribution in [2.75, 3.05) is 14.2 Å². The maximum absolute atomic E-state index is 6.31. The summed E-state index contributed by atoms with van der Waals surface area (Å²) >= 11 is 0. The predicted octanol–water partition coefficient (Wildman–Crippen LogP) is 3.76. The van der Waals surface area contributed by atoms with E-state index in [1.807, 2.05) is 0 Å². The Morgan fingerprint density at radius 3 is 2.00 bits per heavy atom. The highest BCUT2D eigenvalue weighted by molar-refractivity contribution is 6.62. The van der Waals surface area contributed by atoms with Crippen LogP contribution in [0.5, 0.6) is 0 Å². The van der Waals surface area contributed by atoms with E-state index in [9.17, 15) is 0 Å². The first-order valence-electron chi connectivity index (χ1n) is 6.80. The third kappa shape index (κ3) is 3.78. The van der Waals surface area contributed by atoms with Crippen LogP contribution in [0.2, 0.25) is 5.54 Å². The highest BCUT2D eigenvalue weighted by Gasteiger charge is 2.50. The molecule has 1 aliphatic rings. The van der Waals surface area contributed by atoms with Crippen LogP contribution in [0.25, 0.3) is 0 Å². The Labute approximate surface area is 107 Å². The average molecular weight is 260 g/mol. The standard InChI is InChI=1S/C13H28O3Si/c1-6-13(2,3)16-17(14-4,15-5)12-10-8-7-9-11-12/h12H,6-11H2,1-5H3. The first-order valence-corrected chi connectivity index (χ1v) is 8.60.